The minimum atomic E-state index is -0.0780. The van der Waals surface area contributed by atoms with Crippen LogP contribution in [0.4, 0.5) is 0 Å². The van der Waals surface area contributed by atoms with Gasteiger partial charge in [0.15, 0.2) is 11.5 Å². The molecule has 1 aliphatic heterocycles. The van der Waals surface area contributed by atoms with E-state index >= 15 is 0 Å². The van der Waals surface area contributed by atoms with Crippen molar-refractivity contribution in [2.75, 3.05) is 20.3 Å². The highest BCUT2D eigenvalue weighted by Gasteiger charge is 2.40. The normalized spacial score (nSPS) is 19.3. The zero-order valence-corrected chi connectivity index (χ0v) is 13.7. The summed E-state index contributed by atoms with van der Waals surface area (Å²) in [6.07, 6.45) is 7.40. The number of hydrogen-bond acceptors (Lipinski definition) is 5. The van der Waals surface area contributed by atoms with Crippen LogP contribution in [0.5, 0.6) is 11.5 Å². The Labute approximate surface area is 137 Å². The maximum Gasteiger partial charge on any atom is 0.161 e. The van der Waals surface area contributed by atoms with Gasteiger partial charge in [0.05, 0.1) is 19.4 Å². The fraction of sp³-hybridized carbons (Fsp3) is 0.611. The highest BCUT2D eigenvalue weighted by atomic mass is 16.7. The lowest BCUT2D eigenvalue weighted by atomic mass is 9.81. The molecule has 0 radical (unpaired) electrons. The summed E-state index contributed by atoms with van der Waals surface area (Å²) in [6.45, 7) is 0.578. The molecule has 2 aliphatic rings. The molecule has 3 rings (SSSR count). The average molecular weight is 319 g/mol. The highest BCUT2D eigenvalue weighted by Crippen LogP contribution is 2.40. The smallest absolute Gasteiger partial charge is 0.161 e. The lowest BCUT2D eigenvalue weighted by molar-refractivity contribution is -0.0449. The molecule has 23 heavy (non-hydrogen) atoms. The fourth-order valence-corrected chi connectivity index (χ4v) is 3.36. The van der Waals surface area contributed by atoms with Crippen molar-refractivity contribution in [1.82, 2.24) is 0 Å². The van der Waals surface area contributed by atoms with Crippen LogP contribution in [0.25, 0.3) is 0 Å². The van der Waals surface area contributed by atoms with E-state index in [0.717, 1.165) is 30.5 Å². The summed E-state index contributed by atoms with van der Waals surface area (Å²) in [6, 6.07) is 5.86. The molecule has 1 saturated carbocycles. The first-order valence-electron chi connectivity index (χ1n) is 8.43. The van der Waals surface area contributed by atoms with Gasteiger partial charge in [0, 0.05) is 25.0 Å². The minimum Gasteiger partial charge on any atom is -0.493 e. The molecule has 0 saturated heterocycles. The van der Waals surface area contributed by atoms with E-state index in [2.05, 4.69) is 5.16 Å². The van der Waals surface area contributed by atoms with E-state index < -0.39 is 0 Å². The molecule has 1 aromatic rings. The van der Waals surface area contributed by atoms with E-state index in [9.17, 15) is 0 Å². The first-order chi connectivity index (χ1) is 11.3. The molecule has 1 aromatic carbocycles. The van der Waals surface area contributed by atoms with E-state index in [1.807, 2.05) is 18.2 Å². The van der Waals surface area contributed by atoms with Crippen molar-refractivity contribution in [3.63, 3.8) is 0 Å². The van der Waals surface area contributed by atoms with Crippen molar-refractivity contribution >= 4 is 5.71 Å². The Balaban J connectivity index is 1.73. The lowest BCUT2D eigenvalue weighted by Gasteiger charge is -2.30. The van der Waals surface area contributed by atoms with E-state index in [4.69, 9.17) is 19.4 Å². The first-order valence-corrected chi connectivity index (χ1v) is 8.43. The molecule has 0 amide bonds. The Morgan fingerprint density at radius 2 is 2.04 bits per heavy atom. The summed E-state index contributed by atoms with van der Waals surface area (Å²) in [5.74, 6) is 1.38. The molecule has 1 N–H and O–H groups in total. The minimum absolute atomic E-state index is 0.0780. The number of oxime groups is 1. The van der Waals surface area contributed by atoms with Crippen molar-refractivity contribution in [2.24, 2.45) is 5.16 Å². The zero-order valence-electron chi connectivity index (χ0n) is 13.7. The van der Waals surface area contributed by atoms with Crippen molar-refractivity contribution < 1.29 is 19.4 Å². The first kappa shape index (κ1) is 16.1. The van der Waals surface area contributed by atoms with Crippen LogP contribution in [-0.2, 0) is 4.84 Å². The summed E-state index contributed by atoms with van der Waals surface area (Å²) in [5.41, 5.74) is 1.93. The number of ether oxygens (including phenoxy) is 2. The number of nitrogens with zero attached hydrogens (tertiary/aromatic N) is 1. The molecule has 5 heteroatoms. The summed E-state index contributed by atoms with van der Waals surface area (Å²) in [4.78, 5) is 5.83. The second kappa shape index (κ2) is 7.21. The Kier molecular flexibility index (Phi) is 5.06. The molecule has 5 nitrogen and oxygen atoms in total. The molecule has 1 fully saturated rings. The topological polar surface area (TPSA) is 60.3 Å². The third-order valence-electron chi connectivity index (χ3n) is 4.66. The van der Waals surface area contributed by atoms with Gasteiger partial charge in [-0.2, -0.15) is 0 Å². The second-order valence-corrected chi connectivity index (χ2v) is 6.34. The summed E-state index contributed by atoms with van der Waals surface area (Å²) in [5, 5.41) is 13.2. The van der Waals surface area contributed by atoms with Gasteiger partial charge >= 0.3 is 0 Å². The summed E-state index contributed by atoms with van der Waals surface area (Å²) >= 11 is 0. The molecule has 0 unspecified atom stereocenters. The maximum absolute atomic E-state index is 8.89. The largest absolute Gasteiger partial charge is 0.493 e. The van der Waals surface area contributed by atoms with Gasteiger partial charge < -0.3 is 19.4 Å². The molecule has 1 heterocycles. The van der Waals surface area contributed by atoms with E-state index in [-0.39, 0.29) is 12.2 Å². The van der Waals surface area contributed by atoms with Crippen molar-refractivity contribution in [2.45, 2.75) is 50.5 Å². The van der Waals surface area contributed by atoms with Gasteiger partial charge in [-0.3, -0.25) is 0 Å². The molecular formula is C18H25NO4. The van der Waals surface area contributed by atoms with Gasteiger partial charge in [-0.15, -0.1) is 0 Å². The Bertz CT molecular complexity index is 564. The Morgan fingerprint density at radius 1 is 1.22 bits per heavy atom. The van der Waals surface area contributed by atoms with Gasteiger partial charge in [0.2, 0.25) is 0 Å². The summed E-state index contributed by atoms with van der Waals surface area (Å²) < 4.78 is 11.1. The second-order valence-electron chi connectivity index (χ2n) is 6.34. The predicted molar refractivity (Wildman–Crippen MR) is 88.2 cm³/mol. The number of aliphatic hydroxyl groups excluding tert-OH is 1. The average Bonchev–Trinajstić information content (AvgIpc) is 2.99. The van der Waals surface area contributed by atoms with Gasteiger partial charge in [-0.1, -0.05) is 11.6 Å². The third kappa shape index (κ3) is 3.61. The van der Waals surface area contributed by atoms with Crippen LogP contribution in [0.2, 0.25) is 0 Å². The third-order valence-corrected chi connectivity index (χ3v) is 4.66. The summed E-state index contributed by atoms with van der Waals surface area (Å²) in [7, 11) is 1.63. The van der Waals surface area contributed by atoms with Crippen LogP contribution in [0.3, 0.4) is 0 Å². The monoisotopic (exact) mass is 319 g/mol. The predicted octanol–water partition coefficient (Wildman–Crippen LogP) is 3.28. The number of methoxy groups -OCH3 is 1. The quantitative estimate of drug-likeness (QED) is 0.817. The van der Waals surface area contributed by atoms with Gasteiger partial charge in [0.25, 0.3) is 0 Å². The molecule has 1 spiro atoms. The van der Waals surface area contributed by atoms with E-state index in [0.29, 0.717) is 24.5 Å². The van der Waals surface area contributed by atoms with Gasteiger partial charge in [-0.05, 0) is 43.9 Å². The zero-order chi connectivity index (χ0) is 16.1. The number of benzene rings is 1. The van der Waals surface area contributed by atoms with E-state index in [1.165, 1.54) is 19.3 Å². The molecule has 126 valence electrons. The van der Waals surface area contributed by atoms with Crippen LogP contribution in [-0.4, -0.2) is 36.7 Å². The van der Waals surface area contributed by atoms with Crippen LogP contribution in [0.15, 0.2) is 23.4 Å². The van der Waals surface area contributed by atoms with Crippen molar-refractivity contribution in [3.8, 4) is 11.5 Å². The number of hydrogen-bond donors (Lipinski definition) is 1. The molecule has 0 bridgehead atoms. The Morgan fingerprint density at radius 3 is 2.78 bits per heavy atom. The van der Waals surface area contributed by atoms with E-state index in [1.54, 1.807) is 7.11 Å². The van der Waals surface area contributed by atoms with Crippen LogP contribution < -0.4 is 9.47 Å². The molecule has 0 atom stereocenters. The van der Waals surface area contributed by atoms with Crippen molar-refractivity contribution in [1.29, 1.82) is 0 Å². The SMILES string of the molecule is COc1ccc(C2=NOC3(CCCCC3)C2)cc1OCCCO. The van der Waals surface area contributed by atoms with Gasteiger partial charge in [-0.25, -0.2) is 0 Å². The molecule has 0 aromatic heterocycles. The fourth-order valence-electron chi connectivity index (χ4n) is 3.36. The van der Waals surface area contributed by atoms with Crippen LogP contribution in [0, 0.1) is 0 Å². The van der Waals surface area contributed by atoms with Crippen molar-refractivity contribution in [3.05, 3.63) is 23.8 Å². The molecule has 1 aliphatic carbocycles. The molecular weight excluding hydrogens is 294 g/mol. The lowest BCUT2D eigenvalue weighted by Crippen LogP contribution is -2.31. The van der Waals surface area contributed by atoms with Crippen LogP contribution >= 0.6 is 0 Å². The highest BCUT2D eigenvalue weighted by molar-refractivity contribution is 6.02. The van der Waals surface area contributed by atoms with Gasteiger partial charge in [0.1, 0.15) is 5.60 Å². The number of rotatable bonds is 6. The van der Waals surface area contributed by atoms with Crippen LogP contribution in [0.1, 0.15) is 50.5 Å². The Hall–Kier alpha value is -1.75. The standard InChI is InChI=1S/C18H25NO4/c1-21-16-7-6-14(12-17(16)22-11-5-10-20)15-13-18(23-19-15)8-3-2-4-9-18/h6-7,12,20H,2-5,8-11,13H2,1H3. The number of aliphatic hydroxyl groups is 1. The maximum atomic E-state index is 8.89.